The summed E-state index contributed by atoms with van der Waals surface area (Å²) in [5.41, 5.74) is -0.0242. The second-order valence-corrected chi connectivity index (χ2v) is 5.40. The molecule has 0 saturated carbocycles. The molecule has 1 heterocycles. The summed E-state index contributed by atoms with van der Waals surface area (Å²) in [6.07, 6.45) is 1.39. The van der Waals surface area contributed by atoms with Crippen LogP contribution in [0.1, 0.15) is 30.1 Å². The van der Waals surface area contributed by atoms with E-state index in [1.54, 1.807) is 6.92 Å². The van der Waals surface area contributed by atoms with Gasteiger partial charge in [0.25, 0.3) is 5.91 Å². The minimum absolute atomic E-state index is 0.0242. The van der Waals surface area contributed by atoms with Crippen molar-refractivity contribution in [3.63, 3.8) is 0 Å². The first kappa shape index (κ1) is 15.8. The molecule has 1 aromatic rings. The third-order valence-corrected chi connectivity index (χ3v) is 3.73. The summed E-state index contributed by atoms with van der Waals surface area (Å²) in [6.45, 7) is 2.83. The third-order valence-electron chi connectivity index (χ3n) is 3.49. The normalized spacial score (nSPS) is 18.4. The van der Waals surface area contributed by atoms with Gasteiger partial charge in [-0.05, 0) is 38.0 Å². The lowest BCUT2D eigenvalue weighted by Crippen LogP contribution is -2.43. The lowest BCUT2D eigenvalue weighted by atomic mass is 9.97. The fourth-order valence-electron chi connectivity index (χ4n) is 2.45. The van der Waals surface area contributed by atoms with Crippen molar-refractivity contribution in [3.8, 4) is 0 Å². The number of amides is 1. The van der Waals surface area contributed by atoms with Gasteiger partial charge in [-0.1, -0.05) is 11.6 Å². The number of halogens is 2. The molecule has 2 rings (SSSR count). The second kappa shape index (κ2) is 6.89. The van der Waals surface area contributed by atoms with E-state index in [0.29, 0.717) is 26.0 Å². The predicted octanol–water partition coefficient (Wildman–Crippen LogP) is 2.89. The number of hydrogen-bond donors (Lipinski definition) is 0. The molecule has 21 heavy (non-hydrogen) atoms. The van der Waals surface area contributed by atoms with Gasteiger partial charge in [-0.15, -0.1) is 0 Å². The highest BCUT2D eigenvalue weighted by Crippen LogP contribution is 2.22. The monoisotopic (exact) mass is 313 g/mol. The highest BCUT2D eigenvalue weighted by Gasteiger charge is 2.30. The van der Waals surface area contributed by atoms with Crippen molar-refractivity contribution >= 4 is 23.5 Å². The Hall–Kier alpha value is -1.62. The van der Waals surface area contributed by atoms with E-state index in [1.165, 1.54) is 17.0 Å². The van der Waals surface area contributed by atoms with Crippen LogP contribution in [0.25, 0.3) is 0 Å². The number of benzene rings is 1. The van der Waals surface area contributed by atoms with Gasteiger partial charge in [-0.2, -0.15) is 0 Å². The lowest BCUT2D eigenvalue weighted by Gasteiger charge is -2.31. The minimum Gasteiger partial charge on any atom is -0.466 e. The molecule has 1 unspecified atom stereocenters. The first-order valence-electron chi connectivity index (χ1n) is 6.94. The molecule has 1 amide bonds. The summed E-state index contributed by atoms with van der Waals surface area (Å²) < 4.78 is 18.8. The summed E-state index contributed by atoms with van der Waals surface area (Å²) in [4.78, 5) is 25.6. The van der Waals surface area contributed by atoms with E-state index in [1.807, 2.05) is 0 Å². The molecule has 4 nitrogen and oxygen atoms in total. The average Bonchev–Trinajstić information content (AvgIpc) is 2.47. The Bertz CT molecular complexity index is 550. The Morgan fingerprint density at radius 1 is 1.48 bits per heavy atom. The van der Waals surface area contributed by atoms with Crippen LogP contribution >= 0.6 is 11.6 Å². The van der Waals surface area contributed by atoms with Gasteiger partial charge in [0.2, 0.25) is 0 Å². The number of carbonyl (C=O) groups excluding carboxylic acids is 2. The lowest BCUT2D eigenvalue weighted by molar-refractivity contribution is -0.149. The number of ether oxygens (including phenoxy) is 1. The van der Waals surface area contributed by atoms with Crippen molar-refractivity contribution in [1.82, 2.24) is 4.90 Å². The number of rotatable bonds is 3. The van der Waals surface area contributed by atoms with Gasteiger partial charge in [0.05, 0.1) is 18.1 Å². The van der Waals surface area contributed by atoms with Crippen molar-refractivity contribution in [2.45, 2.75) is 19.8 Å². The van der Waals surface area contributed by atoms with Crippen LogP contribution in [0.3, 0.4) is 0 Å². The molecule has 1 aliphatic heterocycles. The predicted molar refractivity (Wildman–Crippen MR) is 76.7 cm³/mol. The number of nitrogens with zero attached hydrogens (tertiary/aromatic N) is 1. The third kappa shape index (κ3) is 3.73. The maximum Gasteiger partial charge on any atom is 0.310 e. The van der Waals surface area contributed by atoms with E-state index in [-0.39, 0.29) is 29.0 Å². The van der Waals surface area contributed by atoms with E-state index in [4.69, 9.17) is 16.3 Å². The number of carbonyl (C=O) groups is 2. The van der Waals surface area contributed by atoms with Gasteiger partial charge in [-0.25, -0.2) is 4.39 Å². The SMILES string of the molecule is CCOC(=O)C1CCCN(C(=O)c2ccc(Cl)cc2F)C1. The summed E-state index contributed by atoms with van der Waals surface area (Å²) in [5.74, 6) is -1.70. The van der Waals surface area contributed by atoms with Crippen LogP contribution in [0.4, 0.5) is 4.39 Å². The molecule has 6 heteroatoms. The molecule has 0 aliphatic carbocycles. The number of piperidine rings is 1. The smallest absolute Gasteiger partial charge is 0.310 e. The molecule has 1 atom stereocenters. The largest absolute Gasteiger partial charge is 0.466 e. The summed E-state index contributed by atoms with van der Waals surface area (Å²) in [6, 6.07) is 3.96. The molecule has 0 bridgehead atoms. The first-order chi connectivity index (χ1) is 10.0. The first-order valence-corrected chi connectivity index (χ1v) is 7.31. The molecule has 1 fully saturated rings. The van der Waals surface area contributed by atoms with E-state index < -0.39 is 11.7 Å². The molecular formula is C15H17ClFNO3. The highest BCUT2D eigenvalue weighted by molar-refractivity contribution is 6.30. The Morgan fingerprint density at radius 2 is 2.24 bits per heavy atom. The van der Waals surface area contributed by atoms with Crippen molar-refractivity contribution in [2.75, 3.05) is 19.7 Å². The van der Waals surface area contributed by atoms with Gasteiger partial charge >= 0.3 is 5.97 Å². The highest BCUT2D eigenvalue weighted by atomic mass is 35.5. The molecule has 1 saturated heterocycles. The zero-order valence-electron chi connectivity index (χ0n) is 11.8. The van der Waals surface area contributed by atoms with Crippen molar-refractivity contribution in [2.24, 2.45) is 5.92 Å². The van der Waals surface area contributed by atoms with Crippen molar-refractivity contribution < 1.29 is 18.7 Å². The Morgan fingerprint density at radius 3 is 2.90 bits per heavy atom. The molecule has 114 valence electrons. The zero-order chi connectivity index (χ0) is 15.4. The van der Waals surface area contributed by atoms with Gasteiger partial charge < -0.3 is 9.64 Å². The molecule has 0 N–H and O–H groups in total. The Kier molecular flexibility index (Phi) is 5.17. The number of likely N-dealkylation sites (tertiary alicyclic amines) is 1. The molecule has 1 aromatic carbocycles. The van der Waals surface area contributed by atoms with Crippen LogP contribution in [-0.4, -0.2) is 36.5 Å². The summed E-state index contributed by atoms with van der Waals surface area (Å²) in [5, 5.41) is 0.243. The van der Waals surface area contributed by atoms with Crippen LogP contribution in [0.5, 0.6) is 0 Å². The van der Waals surface area contributed by atoms with Crippen molar-refractivity contribution in [3.05, 3.63) is 34.6 Å². The fraction of sp³-hybridized carbons (Fsp3) is 0.467. The molecule has 1 aliphatic rings. The molecule has 0 spiro atoms. The van der Waals surface area contributed by atoms with Gasteiger partial charge in [0.15, 0.2) is 0 Å². The quantitative estimate of drug-likeness (QED) is 0.806. The zero-order valence-corrected chi connectivity index (χ0v) is 12.5. The van der Waals surface area contributed by atoms with Gasteiger partial charge in [0.1, 0.15) is 5.82 Å². The number of hydrogen-bond acceptors (Lipinski definition) is 3. The van der Waals surface area contributed by atoms with Crippen LogP contribution in [0, 0.1) is 11.7 Å². The maximum atomic E-state index is 13.8. The van der Waals surface area contributed by atoms with E-state index >= 15 is 0 Å². The maximum absolute atomic E-state index is 13.8. The van der Waals surface area contributed by atoms with Crippen LogP contribution in [0.2, 0.25) is 5.02 Å². The number of esters is 1. The Labute approximate surface area is 127 Å². The van der Waals surface area contributed by atoms with Gasteiger partial charge in [-0.3, -0.25) is 9.59 Å². The van der Waals surface area contributed by atoms with E-state index in [0.717, 1.165) is 6.07 Å². The van der Waals surface area contributed by atoms with Gasteiger partial charge in [0, 0.05) is 18.1 Å². The topological polar surface area (TPSA) is 46.6 Å². The second-order valence-electron chi connectivity index (χ2n) is 4.97. The summed E-state index contributed by atoms with van der Waals surface area (Å²) >= 11 is 5.68. The van der Waals surface area contributed by atoms with Crippen molar-refractivity contribution in [1.29, 1.82) is 0 Å². The molecule has 0 aromatic heterocycles. The standard InChI is InChI=1S/C15H17ClFNO3/c1-2-21-15(20)10-4-3-7-18(9-10)14(19)12-6-5-11(16)8-13(12)17/h5-6,8,10H,2-4,7,9H2,1H3. The average molecular weight is 314 g/mol. The molecule has 0 radical (unpaired) electrons. The Balaban J connectivity index is 2.10. The molecular weight excluding hydrogens is 297 g/mol. The van der Waals surface area contributed by atoms with Crippen LogP contribution < -0.4 is 0 Å². The summed E-state index contributed by atoms with van der Waals surface area (Å²) in [7, 11) is 0. The van der Waals surface area contributed by atoms with E-state index in [9.17, 15) is 14.0 Å². The van der Waals surface area contributed by atoms with Crippen LogP contribution in [-0.2, 0) is 9.53 Å². The fourth-order valence-corrected chi connectivity index (χ4v) is 2.61. The van der Waals surface area contributed by atoms with Crippen LogP contribution in [0.15, 0.2) is 18.2 Å². The minimum atomic E-state index is -0.647. The van der Waals surface area contributed by atoms with E-state index in [2.05, 4.69) is 0 Å².